The molecule has 2 aliphatic heterocycles. The summed E-state index contributed by atoms with van der Waals surface area (Å²) in [5, 5.41) is 6.00. The lowest BCUT2D eigenvalue weighted by Gasteiger charge is -2.34. The number of carbonyl (C=O) groups is 1. The highest BCUT2D eigenvalue weighted by molar-refractivity contribution is 6.02. The molecule has 3 aromatic rings. The van der Waals surface area contributed by atoms with Crippen molar-refractivity contribution in [2.24, 2.45) is 0 Å². The van der Waals surface area contributed by atoms with Gasteiger partial charge >= 0.3 is 0 Å². The molecule has 0 spiro atoms. The number of rotatable bonds is 7. The molecule has 184 valence electrons. The smallest absolute Gasteiger partial charge is 0.243 e. The van der Waals surface area contributed by atoms with E-state index in [9.17, 15) is 4.79 Å². The molecule has 2 N–H and O–H groups in total. The van der Waals surface area contributed by atoms with E-state index in [1.807, 2.05) is 12.1 Å². The molecule has 35 heavy (non-hydrogen) atoms. The van der Waals surface area contributed by atoms with Gasteiger partial charge in [-0.2, -0.15) is 0 Å². The Hall–Kier alpha value is -3.66. The second-order valence-electron chi connectivity index (χ2n) is 9.29. The Morgan fingerprint density at radius 3 is 2.63 bits per heavy atom. The molecule has 1 fully saturated rings. The fourth-order valence-corrected chi connectivity index (χ4v) is 4.71. The minimum atomic E-state index is -0.0718. The number of anilines is 3. The third-order valence-electron chi connectivity index (χ3n) is 6.65. The van der Waals surface area contributed by atoms with Crippen LogP contribution in [0, 0.1) is 0 Å². The van der Waals surface area contributed by atoms with Crippen LogP contribution >= 0.6 is 0 Å². The molecule has 0 aliphatic carbocycles. The van der Waals surface area contributed by atoms with Crippen molar-refractivity contribution in [3.8, 4) is 17.0 Å². The van der Waals surface area contributed by atoms with Crippen molar-refractivity contribution in [1.29, 1.82) is 0 Å². The van der Waals surface area contributed by atoms with Crippen LogP contribution in [0.4, 0.5) is 17.3 Å². The summed E-state index contributed by atoms with van der Waals surface area (Å²) >= 11 is 0. The zero-order valence-corrected chi connectivity index (χ0v) is 20.5. The first-order valence-corrected chi connectivity index (χ1v) is 12.0. The van der Waals surface area contributed by atoms with Crippen LogP contribution in [0.1, 0.15) is 24.6 Å². The van der Waals surface area contributed by atoms with Crippen LogP contribution in [0.3, 0.4) is 0 Å². The van der Waals surface area contributed by atoms with E-state index in [0.717, 1.165) is 67.7 Å². The van der Waals surface area contributed by atoms with Crippen LogP contribution < -0.4 is 20.3 Å². The van der Waals surface area contributed by atoms with E-state index in [1.54, 1.807) is 13.4 Å². The summed E-state index contributed by atoms with van der Waals surface area (Å²) in [6.45, 7) is 3.75. The fraction of sp³-hybridized carbons (Fsp3) is 0.440. The Bertz CT molecular complexity index is 1180. The quantitative estimate of drug-likeness (QED) is 0.537. The Balaban J connectivity index is 1.36. The third kappa shape index (κ3) is 4.93. The maximum Gasteiger partial charge on any atom is 0.243 e. The number of imidazole rings is 1. The summed E-state index contributed by atoms with van der Waals surface area (Å²) < 4.78 is 7.63. The van der Waals surface area contributed by atoms with Gasteiger partial charge in [-0.05, 0) is 51.2 Å². The number of hydrogen-bond donors (Lipinski definition) is 2. The highest BCUT2D eigenvalue weighted by atomic mass is 16.5. The van der Waals surface area contributed by atoms with Crippen LogP contribution in [-0.4, -0.2) is 77.7 Å². The first-order valence-electron chi connectivity index (χ1n) is 12.0. The van der Waals surface area contributed by atoms with Gasteiger partial charge in [0.2, 0.25) is 5.91 Å². The normalized spacial score (nSPS) is 16.1. The SMILES string of the molecule is COc1ccc(-c2cn(CCN(C)C)c(C3CCN(c4ncnc5c4NC(=O)CN5)CC3)n2)cc1. The summed E-state index contributed by atoms with van der Waals surface area (Å²) in [4.78, 5) is 30.2. The average Bonchev–Trinajstić information content (AvgIpc) is 3.31. The molecule has 2 aliphatic rings. The lowest BCUT2D eigenvalue weighted by atomic mass is 9.95. The van der Waals surface area contributed by atoms with Gasteiger partial charge in [-0.15, -0.1) is 0 Å². The lowest BCUT2D eigenvalue weighted by molar-refractivity contribution is -0.114. The number of carbonyl (C=O) groups excluding carboxylic acids is 1. The molecule has 0 atom stereocenters. The van der Waals surface area contributed by atoms with E-state index >= 15 is 0 Å². The van der Waals surface area contributed by atoms with Crippen molar-refractivity contribution in [2.75, 3.05) is 62.9 Å². The topological polar surface area (TPSA) is 100 Å². The Labute approximate surface area is 205 Å². The summed E-state index contributed by atoms with van der Waals surface area (Å²) in [6.07, 6.45) is 5.65. The van der Waals surface area contributed by atoms with E-state index in [2.05, 4.69) is 67.4 Å². The first kappa shape index (κ1) is 23.1. The number of ether oxygens (including phenoxy) is 1. The Kier molecular flexibility index (Phi) is 6.54. The highest BCUT2D eigenvalue weighted by Gasteiger charge is 2.29. The summed E-state index contributed by atoms with van der Waals surface area (Å²) in [5.41, 5.74) is 2.75. The number of aromatic nitrogens is 4. The predicted octanol–water partition coefficient (Wildman–Crippen LogP) is 2.66. The zero-order chi connectivity index (χ0) is 24.4. The monoisotopic (exact) mass is 476 g/mol. The van der Waals surface area contributed by atoms with Gasteiger partial charge in [0.15, 0.2) is 11.6 Å². The van der Waals surface area contributed by atoms with Crippen molar-refractivity contribution in [3.05, 3.63) is 42.6 Å². The minimum Gasteiger partial charge on any atom is -0.497 e. The van der Waals surface area contributed by atoms with E-state index in [4.69, 9.17) is 9.72 Å². The summed E-state index contributed by atoms with van der Waals surface area (Å²) in [5.74, 6) is 3.72. The maximum atomic E-state index is 11.9. The van der Waals surface area contributed by atoms with Crippen molar-refractivity contribution in [3.63, 3.8) is 0 Å². The van der Waals surface area contributed by atoms with E-state index in [0.29, 0.717) is 17.4 Å². The average molecular weight is 477 g/mol. The molecule has 10 nitrogen and oxygen atoms in total. The van der Waals surface area contributed by atoms with Gasteiger partial charge in [0.05, 0.1) is 19.3 Å². The van der Waals surface area contributed by atoms with Gasteiger partial charge in [0, 0.05) is 43.9 Å². The van der Waals surface area contributed by atoms with Crippen molar-refractivity contribution in [1.82, 2.24) is 24.4 Å². The molecule has 0 bridgehead atoms. The number of hydrogen-bond acceptors (Lipinski definition) is 8. The van der Waals surface area contributed by atoms with Gasteiger partial charge in [-0.25, -0.2) is 15.0 Å². The maximum absolute atomic E-state index is 11.9. The fourth-order valence-electron chi connectivity index (χ4n) is 4.71. The van der Waals surface area contributed by atoms with Crippen LogP contribution in [0.2, 0.25) is 0 Å². The molecule has 1 amide bonds. The van der Waals surface area contributed by atoms with Gasteiger partial charge in [0.1, 0.15) is 23.6 Å². The first-order chi connectivity index (χ1) is 17.0. The van der Waals surface area contributed by atoms with Gasteiger partial charge in [-0.1, -0.05) is 0 Å². The Morgan fingerprint density at radius 2 is 1.91 bits per heavy atom. The predicted molar refractivity (Wildman–Crippen MR) is 136 cm³/mol. The molecular formula is C25H32N8O2. The van der Waals surface area contributed by atoms with Gasteiger partial charge < -0.3 is 29.7 Å². The number of likely N-dealkylation sites (N-methyl/N-ethyl adjacent to an activating group) is 1. The molecule has 5 rings (SSSR count). The third-order valence-corrected chi connectivity index (χ3v) is 6.65. The van der Waals surface area contributed by atoms with Crippen LogP contribution in [0.25, 0.3) is 11.3 Å². The molecule has 0 unspecified atom stereocenters. The summed E-state index contributed by atoms with van der Waals surface area (Å²) in [7, 11) is 5.86. The molecule has 10 heteroatoms. The minimum absolute atomic E-state index is 0.0718. The van der Waals surface area contributed by atoms with Gasteiger partial charge in [-0.3, -0.25) is 4.79 Å². The number of nitrogens with zero attached hydrogens (tertiary/aromatic N) is 6. The molecule has 1 saturated heterocycles. The van der Waals surface area contributed by atoms with Crippen molar-refractivity contribution >= 4 is 23.2 Å². The second kappa shape index (κ2) is 9.91. The Morgan fingerprint density at radius 1 is 1.14 bits per heavy atom. The van der Waals surface area contributed by atoms with E-state index in [1.165, 1.54) is 0 Å². The second-order valence-corrected chi connectivity index (χ2v) is 9.29. The van der Waals surface area contributed by atoms with Crippen LogP contribution in [0.5, 0.6) is 5.75 Å². The zero-order valence-electron chi connectivity index (χ0n) is 20.5. The molecule has 1 aromatic carbocycles. The molecule has 0 saturated carbocycles. The van der Waals surface area contributed by atoms with Crippen molar-refractivity contribution < 1.29 is 9.53 Å². The van der Waals surface area contributed by atoms with Crippen LogP contribution in [-0.2, 0) is 11.3 Å². The molecule has 2 aromatic heterocycles. The highest BCUT2D eigenvalue weighted by Crippen LogP contribution is 2.36. The molecular weight excluding hydrogens is 444 g/mol. The molecule has 4 heterocycles. The number of nitrogens with one attached hydrogen (secondary N) is 2. The standard InChI is InChI=1S/C25H32N8O2/c1-31(2)12-13-33-15-20(17-4-6-19(35-3)7-5-17)29-24(33)18-8-10-32(11-9-18)25-22-23(27-16-28-25)26-14-21(34)30-22/h4-7,15-16,18H,8-14H2,1-3H3,(H,30,34)(H,26,27,28). The number of fused-ring (bicyclic) bond motifs is 1. The molecule has 0 radical (unpaired) electrons. The van der Waals surface area contributed by atoms with Crippen molar-refractivity contribution in [2.45, 2.75) is 25.3 Å². The number of amides is 1. The van der Waals surface area contributed by atoms with E-state index < -0.39 is 0 Å². The summed E-state index contributed by atoms with van der Waals surface area (Å²) in [6, 6.07) is 8.07. The van der Waals surface area contributed by atoms with Crippen LogP contribution in [0.15, 0.2) is 36.8 Å². The largest absolute Gasteiger partial charge is 0.497 e. The number of methoxy groups -OCH3 is 1. The van der Waals surface area contributed by atoms with Gasteiger partial charge in [0.25, 0.3) is 0 Å². The number of benzene rings is 1. The lowest BCUT2D eigenvalue weighted by Crippen LogP contribution is -2.37. The number of piperidine rings is 1. The van der Waals surface area contributed by atoms with E-state index in [-0.39, 0.29) is 12.5 Å².